The molecular weight excluding hydrogens is 334 g/mol. The highest BCUT2D eigenvalue weighted by Crippen LogP contribution is 2.47. The number of carbonyl (C=O) groups is 1. The zero-order valence-corrected chi connectivity index (χ0v) is 15.0. The minimum atomic E-state index is -0.0456. The number of amides is 1. The van der Waals surface area contributed by atoms with Gasteiger partial charge >= 0.3 is 0 Å². The summed E-state index contributed by atoms with van der Waals surface area (Å²) in [7, 11) is 3.16. The lowest BCUT2D eigenvalue weighted by Gasteiger charge is -2.17. The molecule has 1 amide bonds. The second kappa shape index (κ2) is 7.03. The van der Waals surface area contributed by atoms with E-state index >= 15 is 0 Å². The number of likely N-dealkylation sites (tertiary alicyclic amines) is 1. The monoisotopic (exact) mass is 357 g/mol. The van der Waals surface area contributed by atoms with Crippen LogP contribution in [0.2, 0.25) is 0 Å². The molecule has 3 heterocycles. The van der Waals surface area contributed by atoms with E-state index in [4.69, 9.17) is 9.47 Å². The van der Waals surface area contributed by atoms with E-state index in [-0.39, 0.29) is 11.8 Å². The SMILES string of the molecule is COCc1nc([C@H]2CN(C(=O)c3cccnc3OC)C[C@@H]2C2CC2)n[nH]1. The van der Waals surface area contributed by atoms with Gasteiger partial charge in [0, 0.05) is 32.3 Å². The maximum absolute atomic E-state index is 13.0. The Hall–Kier alpha value is -2.48. The normalized spacial score (nSPS) is 22.6. The van der Waals surface area contributed by atoms with Crippen LogP contribution >= 0.6 is 0 Å². The second-order valence-electron chi connectivity index (χ2n) is 6.95. The third-order valence-corrected chi connectivity index (χ3v) is 5.24. The van der Waals surface area contributed by atoms with Crippen LogP contribution in [0.5, 0.6) is 5.88 Å². The van der Waals surface area contributed by atoms with Gasteiger partial charge in [-0.1, -0.05) is 0 Å². The Kier molecular flexibility index (Phi) is 4.58. The van der Waals surface area contributed by atoms with E-state index in [0.29, 0.717) is 36.4 Å². The summed E-state index contributed by atoms with van der Waals surface area (Å²) in [5.74, 6) is 3.01. The summed E-state index contributed by atoms with van der Waals surface area (Å²) < 4.78 is 10.4. The maximum Gasteiger partial charge on any atom is 0.259 e. The first-order chi connectivity index (χ1) is 12.7. The Labute approximate surface area is 151 Å². The highest BCUT2D eigenvalue weighted by molar-refractivity contribution is 5.96. The number of aromatic nitrogens is 4. The summed E-state index contributed by atoms with van der Waals surface area (Å²) in [6, 6.07) is 3.52. The first kappa shape index (κ1) is 17.0. The van der Waals surface area contributed by atoms with E-state index < -0.39 is 0 Å². The average Bonchev–Trinajstić information content (AvgIpc) is 3.24. The smallest absolute Gasteiger partial charge is 0.259 e. The molecule has 0 radical (unpaired) electrons. The van der Waals surface area contributed by atoms with Crippen LogP contribution in [0.15, 0.2) is 18.3 Å². The molecule has 0 aromatic carbocycles. The van der Waals surface area contributed by atoms with Crippen molar-refractivity contribution in [1.29, 1.82) is 0 Å². The number of pyridine rings is 1. The molecule has 1 aliphatic carbocycles. The fourth-order valence-electron chi connectivity index (χ4n) is 3.83. The molecule has 8 nitrogen and oxygen atoms in total. The van der Waals surface area contributed by atoms with Crippen molar-refractivity contribution < 1.29 is 14.3 Å². The van der Waals surface area contributed by atoms with Gasteiger partial charge in [-0.05, 0) is 36.8 Å². The summed E-state index contributed by atoms with van der Waals surface area (Å²) in [6.45, 7) is 1.74. The Balaban J connectivity index is 1.56. The molecule has 26 heavy (non-hydrogen) atoms. The van der Waals surface area contributed by atoms with E-state index in [1.54, 1.807) is 25.4 Å². The predicted octanol–water partition coefficient (Wildman–Crippen LogP) is 1.62. The number of methoxy groups -OCH3 is 2. The molecule has 2 fully saturated rings. The average molecular weight is 357 g/mol. The number of carbonyl (C=O) groups excluding carboxylic acids is 1. The molecule has 2 aromatic rings. The van der Waals surface area contributed by atoms with Crippen molar-refractivity contribution >= 4 is 5.91 Å². The van der Waals surface area contributed by atoms with E-state index in [0.717, 1.165) is 18.2 Å². The van der Waals surface area contributed by atoms with E-state index in [9.17, 15) is 4.79 Å². The molecular formula is C18H23N5O3. The quantitative estimate of drug-likeness (QED) is 0.844. The number of rotatable bonds is 6. The number of ether oxygens (including phenoxy) is 2. The lowest BCUT2D eigenvalue weighted by atomic mass is 9.91. The van der Waals surface area contributed by atoms with Gasteiger partial charge in [0.15, 0.2) is 11.6 Å². The Morgan fingerprint density at radius 2 is 2.19 bits per heavy atom. The Morgan fingerprint density at radius 1 is 1.35 bits per heavy atom. The lowest BCUT2D eigenvalue weighted by molar-refractivity contribution is 0.0780. The molecule has 2 aromatic heterocycles. The summed E-state index contributed by atoms with van der Waals surface area (Å²) in [5.41, 5.74) is 0.500. The molecule has 1 saturated carbocycles. The van der Waals surface area contributed by atoms with Gasteiger partial charge in [0.2, 0.25) is 5.88 Å². The van der Waals surface area contributed by atoms with Crippen molar-refractivity contribution in [3.05, 3.63) is 35.5 Å². The minimum absolute atomic E-state index is 0.0456. The number of hydrogen-bond donors (Lipinski definition) is 1. The fraction of sp³-hybridized carbons (Fsp3) is 0.556. The molecule has 8 heteroatoms. The number of aromatic amines is 1. The Bertz CT molecular complexity index is 789. The van der Waals surface area contributed by atoms with Gasteiger partial charge in [-0.25, -0.2) is 9.97 Å². The van der Waals surface area contributed by atoms with Gasteiger partial charge in [0.1, 0.15) is 12.2 Å². The van der Waals surface area contributed by atoms with E-state index in [1.165, 1.54) is 20.0 Å². The summed E-state index contributed by atoms with van der Waals surface area (Å²) in [4.78, 5) is 23.6. The van der Waals surface area contributed by atoms with Crippen LogP contribution in [-0.4, -0.2) is 58.3 Å². The van der Waals surface area contributed by atoms with Crippen molar-refractivity contribution in [3.8, 4) is 5.88 Å². The van der Waals surface area contributed by atoms with Gasteiger partial charge < -0.3 is 14.4 Å². The molecule has 1 aliphatic heterocycles. The van der Waals surface area contributed by atoms with Crippen LogP contribution in [0.4, 0.5) is 0 Å². The first-order valence-electron chi connectivity index (χ1n) is 8.89. The minimum Gasteiger partial charge on any atom is -0.480 e. The molecule has 4 rings (SSSR count). The third-order valence-electron chi connectivity index (χ3n) is 5.24. The van der Waals surface area contributed by atoms with Crippen molar-refractivity contribution in [1.82, 2.24) is 25.1 Å². The number of hydrogen-bond acceptors (Lipinski definition) is 6. The largest absolute Gasteiger partial charge is 0.480 e. The number of H-pyrrole nitrogens is 1. The summed E-state index contributed by atoms with van der Waals surface area (Å²) in [6.07, 6.45) is 4.06. The van der Waals surface area contributed by atoms with E-state index in [2.05, 4.69) is 20.2 Å². The molecule has 2 aliphatic rings. The molecule has 0 spiro atoms. The van der Waals surface area contributed by atoms with Gasteiger partial charge in [-0.3, -0.25) is 9.89 Å². The standard InChI is InChI=1S/C18H23N5O3/c1-25-10-15-20-16(22-21-15)14-9-23(8-13(14)11-5-6-11)18(24)12-4-3-7-19-17(12)26-2/h3-4,7,11,13-14H,5-6,8-10H2,1-2H3,(H,20,21,22)/t13-,14+/m1/s1. The number of nitrogens with one attached hydrogen (secondary N) is 1. The van der Waals surface area contributed by atoms with Crippen LogP contribution < -0.4 is 4.74 Å². The van der Waals surface area contributed by atoms with E-state index in [1.807, 2.05) is 4.90 Å². The van der Waals surface area contributed by atoms with Crippen molar-refractivity contribution in [2.45, 2.75) is 25.4 Å². The molecule has 1 saturated heterocycles. The second-order valence-corrected chi connectivity index (χ2v) is 6.95. The van der Waals surface area contributed by atoms with Gasteiger partial charge in [0.05, 0.1) is 7.11 Å². The zero-order valence-electron chi connectivity index (χ0n) is 15.0. The lowest BCUT2D eigenvalue weighted by Crippen LogP contribution is -2.29. The van der Waals surface area contributed by atoms with Crippen molar-refractivity contribution in [2.75, 3.05) is 27.3 Å². The van der Waals surface area contributed by atoms with Crippen LogP contribution in [0.25, 0.3) is 0 Å². The van der Waals surface area contributed by atoms with Crippen molar-refractivity contribution in [2.24, 2.45) is 11.8 Å². The molecule has 0 unspecified atom stereocenters. The first-order valence-corrected chi connectivity index (χ1v) is 8.89. The molecule has 2 atom stereocenters. The molecule has 138 valence electrons. The maximum atomic E-state index is 13.0. The summed E-state index contributed by atoms with van der Waals surface area (Å²) >= 11 is 0. The Morgan fingerprint density at radius 3 is 2.92 bits per heavy atom. The van der Waals surface area contributed by atoms with Crippen LogP contribution in [0, 0.1) is 11.8 Å². The molecule has 0 bridgehead atoms. The van der Waals surface area contributed by atoms with Gasteiger partial charge in [-0.2, -0.15) is 5.10 Å². The van der Waals surface area contributed by atoms with Crippen LogP contribution in [-0.2, 0) is 11.3 Å². The topological polar surface area (TPSA) is 93.2 Å². The molecule has 1 N–H and O–H groups in total. The van der Waals surface area contributed by atoms with Crippen molar-refractivity contribution in [3.63, 3.8) is 0 Å². The highest BCUT2D eigenvalue weighted by Gasteiger charge is 2.46. The predicted molar refractivity (Wildman–Crippen MR) is 92.7 cm³/mol. The highest BCUT2D eigenvalue weighted by atomic mass is 16.5. The fourth-order valence-corrected chi connectivity index (χ4v) is 3.83. The third kappa shape index (κ3) is 3.16. The van der Waals surface area contributed by atoms with Crippen LogP contribution in [0.1, 0.15) is 40.8 Å². The summed E-state index contributed by atoms with van der Waals surface area (Å²) in [5, 5.41) is 7.32. The number of nitrogens with zero attached hydrogens (tertiary/aromatic N) is 4. The van der Waals surface area contributed by atoms with Crippen LogP contribution in [0.3, 0.4) is 0 Å². The van der Waals surface area contributed by atoms with Gasteiger partial charge in [0.25, 0.3) is 5.91 Å². The zero-order chi connectivity index (χ0) is 18.1. The van der Waals surface area contributed by atoms with Gasteiger partial charge in [-0.15, -0.1) is 0 Å².